The van der Waals surface area contributed by atoms with E-state index in [0.29, 0.717) is 0 Å². The van der Waals surface area contributed by atoms with E-state index >= 15 is 0 Å². The second-order valence-corrected chi connectivity index (χ2v) is 5.84. The predicted octanol–water partition coefficient (Wildman–Crippen LogP) is 2.65. The van der Waals surface area contributed by atoms with E-state index in [1.165, 1.54) is 0 Å². The van der Waals surface area contributed by atoms with Crippen molar-refractivity contribution in [3.8, 4) is 0 Å². The number of carbonyl (C=O) groups is 1. The van der Waals surface area contributed by atoms with Crippen LogP contribution in [0.5, 0.6) is 0 Å². The van der Waals surface area contributed by atoms with Gasteiger partial charge in [0.1, 0.15) is 9.93 Å². The van der Waals surface area contributed by atoms with E-state index in [1.807, 2.05) is 20.8 Å². The van der Waals surface area contributed by atoms with E-state index in [0.717, 1.165) is 19.3 Å². The van der Waals surface area contributed by atoms with Gasteiger partial charge in [-0.15, -0.1) is 0 Å². The molecule has 0 saturated heterocycles. The highest BCUT2D eigenvalue weighted by atomic mass is 79.9. The maximum absolute atomic E-state index is 11.5. The Morgan fingerprint density at radius 3 is 2.17 bits per heavy atom. The molecule has 1 fully saturated rings. The number of halogens is 1. The molecule has 1 aliphatic rings. The largest absolute Gasteiger partial charge is 0.459 e. The number of hydrogen-bond acceptors (Lipinski definition) is 2. The minimum absolute atomic E-state index is 0.110. The van der Waals surface area contributed by atoms with E-state index in [2.05, 4.69) is 15.9 Å². The smallest absolute Gasteiger partial charge is 0.323 e. The van der Waals surface area contributed by atoms with Crippen LogP contribution in [-0.2, 0) is 9.53 Å². The molecule has 0 N–H and O–H groups in total. The number of esters is 1. The van der Waals surface area contributed by atoms with E-state index < -0.39 is 0 Å². The summed E-state index contributed by atoms with van der Waals surface area (Å²) in [5.74, 6) is -0.110. The molecule has 0 radical (unpaired) electrons. The first-order valence-corrected chi connectivity index (χ1v) is 5.05. The van der Waals surface area contributed by atoms with Gasteiger partial charge in [0.15, 0.2) is 0 Å². The van der Waals surface area contributed by atoms with Gasteiger partial charge in [-0.25, -0.2) is 0 Å². The molecule has 1 saturated carbocycles. The van der Waals surface area contributed by atoms with Gasteiger partial charge in [0, 0.05) is 0 Å². The first kappa shape index (κ1) is 10.0. The molecule has 0 amide bonds. The Kier molecular flexibility index (Phi) is 2.52. The summed E-state index contributed by atoms with van der Waals surface area (Å²) in [4.78, 5) is 11.5. The zero-order chi connectivity index (χ0) is 9.41. The molecular formula is C9H15BrO2. The second kappa shape index (κ2) is 3.02. The van der Waals surface area contributed by atoms with Gasteiger partial charge in [0.05, 0.1) is 0 Å². The average Bonchev–Trinajstić information content (AvgIpc) is 1.78. The van der Waals surface area contributed by atoms with E-state index in [-0.39, 0.29) is 15.9 Å². The van der Waals surface area contributed by atoms with Crippen LogP contribution in [0.1, 0.15) is 40.0 Å². The van der Waals surface area contributed by atoms with Crippen molar-refractivity contribution in [2.45, 2.75) is 50.0 Å². The predicted molar refractivity (Wildman–Crippen MR) is 51.4 cm³/mol. The van der Waals surface area contributed by atoms with Crippen molar-refractivity contribution in [1.82, 2.24) is 0 Å². The van der Waals surface area contributed by atoms with Crippen LogP contribution >= 0.6 is 15.9 Å². The molecule has 0 atom stereocenters. The summed E-state index contributed by atoms with van der Waals surface area (Å²) in [6.07, 6.45) is 2.92. The first-order valence-electron chi connectivity index (χ1n) is 4.26. The minimum atomic E-state index is -0.368. The average molecular weight is 235 g/mol. The molecule has 0 aromatic rings. The molecule has 0 aromatic carbocycles. The molecule has 3 heteroatoms. The highest BCUT2D eigenvalue weighted by Gasteiger charge is 2.44. The van der Waals surface area contributed by atoms with Gasteiger partial charge in [0.25, 0.3) is 0 Å². The van der Waals surface area contributed by atoms with Crippen molar-refractivity contribution in [2.24, 2.45) is 0 Å². The fourth-order valence-electron chi connectivity index (χ4n) is 1.06. The molecule has 12 heavy (non-hydrogen) atoms. The summed E-state index contributed by atoms with van der Waals surface area (Å²) in [7, 11) is 0. The summed E-state index contributed by atoms with van der Waals surface area (Å²) in [6, 6.07) is 0. The van der Waals surface area contributed by atoms with Crippen LogP contribution in [0.2, 0.25) is 0 Å². The lowest BCUT2D eigenvalue weighted by Crippen LogP contribution is -2.43. The number of ether oxygens (including phenoxy) is 1. The van der Waals surface area contributed by atoms with Crippen molar-refractivity contribution in [2.75, 3.05) is 0 Å². The molecule has 2 nitrogen and oxygen atoms in total. The SMILES string of the molecule is CC(C)(C)OC(=O)C1(Br)CCC1. The highest BCUT2D eigenvalue weighted by molar-refractivity contribution is 9.10. The fourth-order valence-corrected chi connectivity index (χ4v) is 1.70. The monoisotopic (exact) mass is 234 g/mol. The topological polar surface area (TPSA) is 26.3 Å². The summed E-state index contributed by atoms with van der Waals surface area (Å²) < 4.78 is 4.90. The number of alkyl halides is 1. The van der Waals surface area contributed by atoms with Gasteiger partial charge in [-0.2, -0.15) is 0 Å². The van der Waals surface area contributed by atoms with Crippen LogP contribution in [0.3, 0.4) is 0 Å². The Labute approximate surface area is 81.8 Å². The van der Waals surface area contributed by atoms with Crippen LogP contribution in [-0.4, -0.2) is 15.9 Å². The zero-order valence-corrected chi connectivity index (χ0v) is 9.40. The summed E-state index contributed by atoms with van der Waals surface area (Å²) in [5, 5.41) is 0. The third-order valence-electron chi connectivity index (χ3n) is 1.91. The lowest BCUT2D eigenvalue weighted by atomic mass is 9.85. The lowest BCUT2D eigenvalue weighted by molar-refractivity contribution is -0.160. The third kappa shape index (κ3) is 2.22. The van der Waals surface area contributed by atoms with Crippen LogP contribution in [0.25, 0.3) is 0 Å². The van der Waals surface area contributed by atoms with Crippen molar-refractivity contribution < 1.29 is 9.53 Å². The minimum Gasteiger partial charge on any atom is -0.459 e. The molecule has 0 heterocycles. The Morgan fingerprint density at radius 1 is 1.42 bits per heavy atom. The van der Waals surface area contributed by atoms with Crippen LogP contribution in [0.4, 0.5) is 0 Å². The fraction of sp³-hybridized carbons (Fsp3) is 0.889. The van der Waals surface area contributed by atoms with Crippen LogP contribution in [0, 0.1) is 0 Å². The number of hydrogen-bond donors (Lipinski definition) is 0. The number of carbonyl (C=O) groups excluding carboxylic acids is 1. The zero-order valence-electron chi connectivity index (χ0n) is 7.82. The standard InChI is InChI=1S/C9H15BrO2/c1-8(2,3)12-7(11)9(10)5-4-6-9/h4-6H2,1-3H3. The lowest BCUT2D eigenvalue weighted by Gasteiger charge is -2.35. The summed E-state index contributed by atoms with van der Waals surface area (Å²) >= 11 is 3.41. The molecular weight excluding hydrogens is 220 g/mol. The highest BCUT2D eigenvalue weighted by Crippen LogP contribution is 2.41. The van der Waals surface area contributed by atoms with Gasteiger partial charge in [-0.1, -0.05) is 15.9 Å². The Hall–Kier alpha value is -0.0500. The first-order chi connectivity index (χ1) is 5.33. The number of rotatable bonds is 1. The maximum Gasteiger partial charge on any atom is 0.323 e. The van der Waals surface area contributed by atoms with Gasteiger partial charge in [0.2, 0.25) is 0 Å². The van der Waals surface area contributed by atoms with E-state index in [1.54, 1.807) is 0 Å². The van der Waals surface area contributed by atoms with E-state index in [9.17, 15) is 4.79 Å². The molecule has 0 aliphatic heterocycles. The van der Waals surface area contributed by atoms with Crippen molar-refractivity contribution in [1.29, 1.82) is 0 Å². The van der Waals surface area contributed by atoms with Gasteiger partial charge in [-0.05, 0) is 40.0 Å². The Balaban J connectivity index is 2.49. The van der Waals surface area contributed by atoms with Gasteiger partial charge >= 0.3 is 5.97 Å². The van der Waals surface area contributed by atoms with Crippen molar-refractivity contribution in [3.63, 3.8) is 0 Å². The third-order valence-corrected chi connectivity index (χ3v) is 3.03. The van der Waals surface area contributed by atoms with Crippen LogP contribution in [0.15, 0.2) is 0 Å². The molecule has 0 unspecified atom stereocenters. The van der Waals surface area contributed by atoms with Gasteiger partial charge in [-0.3, -0.25) is 4.79 Å². The quantitative estimate of drug-likeness (QED) is 0.516. The normalized spacial score (nSPS) is 21.3. The van der Waals surface area contributed by atoms with Gasteiger partial charge < -0.3 is 4.74 Å². The maximum atomic E-state index is 11.5. The molecule has 1 rings (SSSR count). The van der Waals surface area contributed by atoms with Crippen LogP contribution < -0.4 is 0 Å². The molecule has 0 bridgehead atoms. The molecule has 1 aliphatic carbocycles. The van der Waals surface area contributed by atoms with E-state index in [4.69, 9.17) is 4.74 Å². The van der Waals surface area contributed by atoms with Crippen molar-refractivity contribution in [3.05, 3.63) is 0 Å². The Morgan fingerprint density at radius 2 is 1.92 bits per heavy atom. The Bertz CT molecular complexity index is 189. The summed E-state index contributed by atoms with van der Waals surface area (Å²) in [5.41, 5.74) is -0.368. The second-order valence-electron chi connectivity index (χ2n) is 4.32. The van der Waals surface area contributed by atoms with Crippen molar-refractivity contribution >= 4 is 21.9 Å². The summed E-state index contributed by atoms with van der Waals surface area (Å²) in [6.45, 7) is 5.67. The molecule has 0 aromatic heterocycles. The molecule has 0 spiro atoms. The molecule has 70 valence electrons.